The smallest absolute Gasteiger partial charge is 0.0847 e. The summed E-state index contributed by atoms with van der Waals surface area (Å²) in [5.74, 6) is 0.897. The van der Waals surface area contributed by atoms with Gasteiger partial charge in [-0.15, -0.1) is 0 Å². The van der Waals surface area contributed by atoms with Gasteiger partial charge < -0.3 is 9.47 Å². The van der Waals surface area contributed by atoms with Crippen LogP contribution in [0, 0.1) is 16.7 Å². The van der Waals surface area contributed by atoms with E-state index in [2.05, 4.69) is 20.8 Å². The normalized spacial score (nSPS) is 56.5. The third-order valence-corrected chi connectivity index (χ3v) is 6.54. The highest BCUT2D eigenvalue weighted by Crippen LogP contribution is 2.60. The van der Waals surface area contributed by atoms with Crippen LogP contribution in [0.2, 0.25) is 0 Å². The van der Waals surface area contributed by atoms with Gasteiger partial charge in [0.15, 0.2) is 0 Å². The van der Waals surface area contributed by atoms with Crippen molar-refractivity contribution in [3.63, 3.8) is 0 Å². The molecule has 0 aromatic carbocycles. The first kappa shape index (κ1) is 11.7. The number of rotatable bonds is 2. The molecule has 2 saturated heterocycles. The summed E-state index contributed by atoms with van der Waals surface area (Å²) in [6.07, 6.45) is 10.4. The predicted octanol–water partition coefficient (Wildman–Crippen LogP) is 3.54. The summed E-state index contributed by atoms with van der Waals surface area (Å²) in [6.45, 7) is 7.44. The van der Waals surface area contributed by atoms with Crippen LogP contribution >= 0.6 is 0 Å². The summed E-state index contributed by atoms with van der Waals surface area (Å²) >= 11 is 0. The molecule has 2 aliphatic heterocycles. The third kappa shape index (κ3) is 1.76. The number of epoxide rings is 2. The van der Waals surface area contributed by atoms with Crippen molar-refractivity contribution in [2.75, 3.05) is 0 Å². The molecule has 6 atom stereocenters. The van der Waals surface area contributed by atoms with Crippen LogP contribution in [-0.2, 0) is 9.47 Å². The largest absolute Gasteiger partial charge is 0.370 e. The molecular formula is C16H26O2. The van der Waals surface area contributed by atoms with Crippen molar-refractivity contribution in [2.45, 2.75) is 83.7 Å². The van der Waals surface area contributed by atoms with Crippen LogP contribution in [-0.4, -0.2) is 24.4 Å². The highest BCUT2D eigenvalue weighted by Gasteiger charge is 2.58. The Balaban J connectivity index is 1.47. The Bertz CT molecular complexity index is 364. The highest BCUT2D eigenvalue weighted by atomic mass is 16.6. The van der Waals surface area contributed by atoms with Gasteiger partial charge in [0.1, 0.15) is 0 Å². The van der Waals surface area contributed by atoms with Gasteiger partial charge in [0.25, 0.3) is 0 Å². The Morgan fingerprint density at radius 3 is 2.39 bits per heavy atom. The number of hydrogen-bond donors (Lipinski definition) is 0. The standard InChI is InChI=1S/C16H26O2/c1-15(2)8-13-14(18-13)9-16(15,3)7-10-4-5-11-12(6-10)17-11/h10-14H,4-9H2,1-3H3. The van der Waals surface area contributed by atoms with E-state index in [1.165, 1.54) is 38.5 Å². The van der Waals surface area contributed by atoms with Crippen LogP contribution in [0.15, 0.2) is 0 Å². The Morgan fingerprint density at radius 1 is 0.889 bits per heavy atom. The number of fused-ring (bicyclic) bond motifs is 2. The summed E-state index contributed by atoms with van der Waals surface area (Å²) in [5.41, 5.74) is 0.906. The first-order valence-corrected chi connectivity index (χ1v) is 7.78. The van der Waals surface area contributed by atoms with E-state index >= 15 is 0 Å². The second-order valence-corrected chi connectivity index (χ2v) is 8.16. The molecule has 2 nitrogen and oxygen atoms in total. The van der Waals surface area contributed by atoms with Gasteiger partial charge in [-0.05, 0) is 55.3 Å². The van der Waals surface area contributed by atoms with Crippen molar-refractivity contribution in [3.8, 4) is 0 Å². The van der Waals surface area contributed by atoms with Crippen LogP contribution in [0.4, 0.5) is 0 Å². The summed E-state index contributed by atoms with van der Waals surface area (Å²) in [4.78, 5) is 0. The van der Waals surface area contributed by atoms with E-state index < -0.39 is 0 Å². The first-order chi connectivity index (χ1) is 8.47. The maximum absolute atomic E-state index is 5.80. The van der Waals surface area contributed by atoms with Crippen LogP contribution in [0.3, 0.4) is 0 Å². The zero-order chi connectivity index (χ0) is 12.5. The molecule has 6 unspecified atom stereocenters. The quantitative estimate of drug-likeness (QED) is 0.700. The molecule has 4 rings (SSSR count). The second-order valence-electron chi connectivity index (χ2n) is 8.16. The topological polar surface area (TPSA) is 25.1 Å². The molecule has 0 aromatic heterocycles. The lowest BCUT2D eigenvalue weighted by molar-refractivity contribution is 0.0184. The fraction of sp³-hybridized carbons (Fsp3) is 1.00. The van der Waals surface area contributed by atoms with E-state index in [1.807, 2.05) is 0 Å². The SMILES string of the molecule is CC1(C)CC2OC2CC1(C)CC1CCC2OC2C1. The molecule has 2 aliphatic carbocycles. The first-order valence-electron chi connectivity index (χ1n) is 7.78. The molecule has 0 spiro atoms. The van der Waals surface area contributed by atoms with Gasteiger partial charge in [-0.25, -0.2) is 0 Å². The van der Waals surface area contributed by atoms with Crippen LogP contribution in [0.25, 0.3) is 0 Å². The fourth-order valence-corrected chi connectivity index (χ4v) is 4.68. The minimum Gasteiger partial charge on any atom is -0.370 e. The summed E-state index contributed by atoms with van der Waals surface area (Å²) in [7, 11) is 0. The van der Waals surface area contributed by atoms with Gasteiger partial charge in [0, 0.05) is 0 Å². The Hall–Kier alpha value is -0.0800. The van der Waals surface area contributed by atoms with Gasteiger partial charge in [-0.2, -0.15) is 0 Å². The zero-order valence-corrected chi connectivity index (χ0v) is 11.9. The molecule has 0 radical (unpaired) electrons. The van der Waals surface area contributed by atoms with Crippen molar-refractivity contribution >= 4 is 0 Å². The van der Waals surface area contributed by atoms with Gasteiger partial charge in [-0.3, -0.25) is 0 Å². The maximum atomic E-state index is 5.80. The average Bonchev–Trinajstić information content (AvgIpc) is 3.14. The predicted molar refractivity (Wildman–Crippen MR) is 70.4 cm³/mol. The minimum atomic E-state index is 0.436. The Labute approximate surface area is 110 Å². The average molecular weight is 250 g/mol. The highest BCUT2D eigenvalue weighted by molar-refractivity contribution is 5.06. The van der Waals surface area contributed by atoms with Gasteiger partial charge >= 0.3 is 0 Å². The van der Waals surface area contributed by atoms with Crippen molar-refractivity contribution in [1.82, 2.24) is 0 Å². The lowest BCUT2D eigenvalue weighted by atomic mass is 9.55. The van der Waals surface area contributed by atoms with Crippen LogP contribution in [0.1, 0.15) is 59.3 Å². The van der Waals surface area contributed by atoms with Crippen LogP contribution in [0.5, 0.6) is 0 Å². The molecule has 2 heteroatoms. The van der Waals surface area contributed by atoms with E-state index in [1.54, 1.807) is 0 Å². The fourth-order valence-electron chi connectivity index (χ4n) is 4.68. The molecule has 0 bridgehead atoms. The lowest BCUT2D eigenvalue weighted by Crippen LogP contribution is -2.43. The van der Waals surface area contributed by atoms with E-state index in [-0.39, 0.29) is 0 Å². The molecule has 2 saturated carbocycles. The van der Waals surface area contributed by atoms with Gasteiger partial charge in [-0.1, -0.05) is 20.8 Å². The molecule has 0 N–H and O–H groups in total. The van der Waals surface area contributed by atoms with Crippen molar-refractivity contribution in [1.29, 1.82) is 0 Å². The Morgan fingerprint density at radius 2 is 1.61 bits per heavy atom. The molecule has 4 aliphatic rings. The lowest BCUT2D eigenvalue weighted by Gasteiger charge is -2.48. The van der Waals surface area contributed by atoms with Gasteiger partial charge in [0.2, 0.25) is 0 Å². The number of ether oxygens (including phenoxy) is 2. The molecule has 4 fully saturated rings. The second kappa shape index (κ2) is 3.52. The molecular weight excluding hydrogens is 224 g/mol. The van der Waals surface area contributed by atoms with Gasteiger partial charge in [0.05, 0.1) is 24.4 Å². The van der Waals surface area contributed by atoms with Crippen molar-refractivity contribution in [3.05, 3.63) is 0 Å². The summed E-state index contributed by atoms with van der Waals surface area (Å²) in [6, 6.07) is 0. The Kier molecular flexibility index (Phi) is 2.29. The summed E-state index contributed by atoms with van der Waals surface area (Å²) in [5, 5.41) is 0. The van der Waals surface area contributed by atoms with Crippen molar-refractivity contribution in [2.24, 2.45) is 16.7 Å². The van der Waals surface area contributed by atoms with Crippen LogP contribution < -0.4 is 0 Å². The molecule has 18 heavy (non-hydrogen) atoms. The molecule has 0 aromatic rings. The van der Waals surface area contributed by atoms with E-state index in [0.717, 1.165) is 5.92 Å². The monoisotopic (exact) mass is 250 g/mol. The molecule has 102 valence electrons. The van der Waals surface area contributed by atoms with Crippen molar-refractivity contribution < 1.29 is 9.47 Å². The van der Waals surface area contributed by atoms with E-state index in [9.17, 15) is 0 Å². The zero-order valence-electron chi connectivity index (χ0n) is 11.9. The third-order valence-electron chi connectivity index (χ3n) is 6.54. The maximum Gasteiger partial charge on any atom is 0.0847 e. The molecule has 0 amide bonds. The summed E-state index contributed by atoms with van der Waals surface area (Å²) < 4.78 is 11.5. The minimum absolute atomic E-state index is 0.436. The molecule has 2 heterocycles. The van der Waals surface area contributed by atoms with E-state index in [4.69, 9.17) is 9.47 Å². The van der Waals surface area contributed by atoms with E-state index in [0.29, 0.717) is 35.2 Å². The number of hydrogen-bond acceptors (Lipinski definition) is 2.